The van der Waals surface area contributed by atoms with Crippen LogP contribution in [-0.2, 0) is 21.2 Å². The van der Waals surface area contributed by atoms with E-state index in [0.717, 1.165) is 19.6 Å². The molecule has 3 aromatic rings. The monoisotopic (exact) mass is 579 g/mol. The van der Waals surface area contributed by atoms with Crippen LogP contribution >= 0.6 is 11.3 Å². The van der Waals surface area contributed by atoms with Crippen molar-refractivity contribution >= 4 is 49.8 Å². The Bertz CT molecular complexity index is 1600. The Morgan fingerprint density at radius 2 is 1.90 bits per heavy atom. The number of alkyl halides is 3. The van der Waals surface area contributed by atoms with Crippen LogP contribution in [0.3, 0.4) is 0 Å². The Morgan fingerprint density at radius 1 is 1.15 bits per heavy atom. The number of pyridine rings is 1. The number of carbonyl (C=O) groups excluding carboxylic acids is 2. The van der Waals surface area contributed by atoms with E-state index < -0.39 is 28.0 Å². The van der Waals surface area contributed by atoms with E-state index in [2.05, 4.69) is 15.3 Å². The first-order chi connectivity index (χ1) is 18.2. The van der Waals surface area contributed by atoms with Gasteiger partial charge in [0, 0.05) is 25.8 Å². The largest absolute Gasteiger partial charge is 0.408 e. The van der Waals surface area contributed by atoms with Crippen LogP contribution in [0, 0.1) is 6.92 Å². The summed E-state index contributed by atoms with van der Waals surface area (Å²) in [5.41, 5.74) is 0.963. The molecular weight excluding hydrogens is 555 g/mol. The zero-order valence-electron chi connectivity index (χ0n) is 21.2. The van der Waals surface area contributed by atoms with Gasteiger partial charge in [-0.1, -0.05) is 17.4 Å². The Balaban J connectivity index is 1.49. The second-order valence-corrected chi connectivity index (χ2v) is 12.5. The standard InChI is InChI=1S/C25H24F3N5O4S2/c1-13-22(38-24(29-13)31-18-6-4-7-19(30-18)32-9-5-8-20(32)34)15-10-16-12-33(14(2)25(26,27)28)23(35)21(16)17(11-15)39(3,36)37/h4,6-7,10-11,14H,5,8-9,12H2,1-3H3,(H,29,30,31)/t14-/m0/s1. The van der Waals surface area contributed by atoms with Crippen LogP contribution in [0.25, 0.3) is 10.4 Å². The van der Waals surface area contributed by atoms with Gasteiger partial charge in [-0.05, 0) is 55.7 Å². The maximum absolute atomic E-state index is 13.4. The molecule has 1 atom stereocenters. The molecule has 4 heterocycles. The van der Waals surface area contributed by atoms with Crippen molar-refractivity contribution in [2.75, 3.05) is 23.0 Å². The van der Waals surface area contributed by atoms with Crippen molar-refractivity contribution in [1.29, 1.82) is 0 Å². The number of anilines is 3. The molecule has 5 rings (SSSR count). The summed E-state index contributed by atoms with van der Waals surface area (Å²) in [5.74, 6) is 0.0231. The molecule has 2 aliphatic rings. The first-order valence-electron chi connectivity index (χ1n) is 12.0. The van der Waals surface area contributed by atoms with Crippen LogP contribution in [0.1, 0.15) is 41.4 Å². The highest BCUT2D eigenvalue weighted by atomic mass is 32.2. The first kappa shape index (κ1) is 27.1. The Labute approximate surface area is 226 Å². The van der Waals surface area contributed by atoms with E-state index in [4.69, 9.17) is 0 Å². The van der Waals surface area contributed by atoms with Gasteiger partial charge in [0.25, 0.3) is 5.91 Å². The maximum atomic E-state index is 13.4. The molecule has 2 amide bonds. The Morgan fingerprint density at radius 3 is 2.54 bits per heavy atom. The van der Waals surface area contributed by atoms with E-state index in [1.54, 1.807) is 36.1 Å². The molecule has 0 unspecified atom stereocenters. The first-order valence-corrected chi connectivity index (χ1v) is 14.7. The number of rotatable bonds is 6. The average molecular weight is 580 g/mol. The smallest absolute Gasteiger partial charge is 0.322 e. The molecule has 1 fully saturated rings. The summed E-state index contributed by atoms with van der Waals surface area (Å²) >= 11 is 1.21. The summed E-state index contributed by atoms with van der Waals surface area (Å²) in [5, 5.41) is 3.56. The van der Waals surface area contributed by atoms with E-state index in [-0.39, 0.29) is 28.5 Å². The molecule has 1 N–H and O–H groups in total. The minimum absolute atomic E-state index is 0.00648. The lowest BCUT2D eigenvalue weighted by atomic mass is 10.0. The third-order valence-electron chi connectivity index (χ3n) is 6.72. The zero-order chi connectivity index (χ0) is 28.3. The molecule has 14 heteroatoms. The molecule has 39 heavy (non-hydrogen) atoms. The Kier molecular flexibility index (Phi) is 6.66. The van der Waals surface area contributed by atoms with E-state index in [0.29, 0.717) is 50.8 Å². The number of carbonyl (C=O) groups is 2. The fourth-order valence-corrected chi connectivity index (χ4v) is 6.60. The molecule has 0 radical (unpaired) electrons. The summed E-state index contributed by atoms with van der Waals surface area (Å²) in [4.78, 5) is 36.6. The predicted octanol–water partition coefficient (Wildman–Crippen LogP) is 4.69. The van der Waals surface area contributed by atoms with Gasteiger partial charge in [-0.3, -0.25) is 14.5 Å². The van der Waals surface area contributed by atoms with Crippen molar-refractivity contribution in [1.82, 2.24) is 14.9 Å². The topological polar surface area (TPSA) is 113 Å². The number of halogens is 3. The van der Waals surface area contributed by atoms with Crippen LogP contribution in [0.2, 0.25) is 0 Å². The summed E-state index contributed by atoms with van der Waals surface area (Å²) in [7, 11) is -3.95. The van der Waals surface area contributed by atoms with Gasteiger partial charge < -0.3 is 10.2 Å². The third-order valence-corrected chi connectivity index (χ3v) is 8.96. The van der Waals surface area contributed by atoms with Gasteiger partial charge in [-0.15, -0.1) is 0 Å². The van der Waals surface area contributed by atoms with Crippen LogP contribution in [-0.4, -0.2) is 60.1 Å². The molecule has 0 spiro atoms. The number of aryl methyl sites for hydroxylation is 1. The second-order valence-electron chi connectivity index (χ2n) is 9.52. The van der Waals surface area contributed by atoms with Crippen molar-refractivity contribution in [2.24, 2.45) is 0 Å². The summed E-state index contributed by atoms with van der Waals surface area (Å²) in [6.45, 7) is 2.83. The van der Waals surface area contributed by atoms with Gasteiger partial charge in [-0.25, -0.2) is 18.4 Å². The van der Waals surface area contributed by atoms with Gasteiger partial charge in [0.05, 0.1) is 21.0 Å². The van der Waals surface area contributed by atoms with Crippen molar-refractivity contribution in [2.45, 2.75) is 50.3 Å². The van der Waals surface area contributed by atoms with Crippen LogP contribution in [0.15, 0.2) is 35.2 Å². The number of sulfone groups is 1. The van der Waals surface area contributed by atoms with Gasteiger partial charge in [0.15, 0.2) is 15.0 Å². The summed E-state index contributed by atoms with van der Waals surface area (Å²) < 4.78 is 65.5. The van der Waals surface area contributed by atoms with Crippen molar-refractivity contribution < 1.29 is 31.2 Å². The summed E-state index contributed by atoms with van der Waals surface area (Å²) in [6.07, 6.45) is -2.50. The number of nitrogens with one attached hydrogen (secondary N) is 1. The maximum Gasteiger partial charge on any atom is 0.408 e. The number of thiazole rings is 1. The van der Waals surface area contributed by atoms with Gasteiger partial charge in [0.2, 0.25) is 5.91 Å². The number of hydrogen-bond acceptors (Lipinski definition) is 8. The lowest BCUT2D eigenvalue weighted by molar-refractivity contribution is -0.172. The molecule has 2 aromatic heterocycles. The average Bonchev–Trinajstić information content (AvgIpc) is 3.53. The highest BCUT2D eigenvalue weighted by Gasteiger charge is 2.46. The number of nitrogens with zero attached hydrogens (tertiary/aromatic N) is 4. The SMILES string of the molecule is Cc1nc(Nc2cccc(N3CCCC3=O)n2)sc1-c1cc2c(c(S(C)(=O)=O)c1)C(=O)N([C@@H](C)C(F)(F)F)C2. The molecule has 206 valence electrons. The fourth-order valence-electron chi connectivity index (χ4n) is 4.71. The van der Waals surface area contributed by atoms with Gasteiger partial charge >= 0.3 is 6.18 Å². The normalized spacial score (nSPS) is 16.7. The predicted molar refractivity (Wildman–Crippen MR) is 140 cm³/mol. The lowest BCUT2D eigenvalue weighted by Gasteiger charge is -2.26. The van der Waals surface area contributed by atoms with E-state index in [9.17, 15) is 31.2 Å². The van der Waals surface area contributed by atoms with Crippen LogP contribution in [0.5, 0.6) is 0 Å². The Hall–Kier alpha value is -3.52. The second kappa shape index (κ2) is 9.59. The van der Waals surface area contributed by atoms with Crippen molar-refractivity contribution in [3.63, 3.8) is 0 Å². The highest BCUT2D eigenvalue weighted by Crippen LogP contribution is 2.41. The molecule has 0 saturated carbocycles. The van der Waals surface area contributed by atoms with E-state index >= 15 is 0 Å². The van der Waals surface area contributed by atoms with Crippen molar-refractivity contribution in [3.8, 4) is 10.4 Å². The molecular formula is C25H24F3N5O4S2. The lowest BCUT2D eigenvalue weighted by Crippen LogP contribution is -2.43. The minimum atomic E-state index is -4.66. The molecule has 0 bridgehead atoms. The number of benzene rings is 1. The number of hydrogen-bond donors (Lipinski definition) is 1. The molecule has 1 saturated heterocycles. The highest BCUT2D eigenvalue weighted by molar-refractivity contribution is 7.90. The van der Waals surface area contributed by atoms with Crippen molar-refractivity contribution in [3.05, 3.63) is 47.2 Å². The third kappa shape index (κ3) is 5.10. The minimum Gasteiger partial charge on any atom is -0.322 e. The molecule has 0 aliphatic carbocycles. The van der Waals surface area contributed by atoms with Crippen LogP contribution in [0.4, 0.5) is 29.9 Å². The number of aromatic nitrogens is 2. The van der Waals surface area contributed by atoms with Gasteiger partial charge in [-0.2, -0.15) is 13.2 Å². The number of fused-ring (bicyclic) bond motifs is 1. The molecule has 9 nitrogen and oxygen atoms in total. The number of amides is 2. The molecule has 2 aliphatic heterocycles. The van der Waals surface area contributed by atoms with Gasteiger partial charge in [0.1, 0.15) is 17.7 Å². The quantitative estimate of drug-likeness (QED) is 0.451. The zero-order valence-corrected chi connectivity index (χ0v) is 22.8. The van der Waals surface area contributed by atoms with E-state index in [1.165, 1.54) is 17.4 Å². The molecule has 1 aromatic carbocycles. The summed E-state index contributed by atoms with van der Waals surface area (Å²) in [6, 6.07) is 6.02. The van der Waals surface area contributed by atoms with E-state index in [1.807, 2.05) is 0 Å². The van der Waals surface area contributed by atoms with Crippen LogP contribution < -0.4 is 10.2 Å². The fraction of sp³-hybridized carbons (Fsp3) is 0.360.